The first kappa shape index (κ1) is 22.0. The number of hydrogen-bond acceptors (Lipinski definition) is 7. The summed E-state index contributed by atoms with van der Waals surface area (Å²) in [4.78, 5) is 21.8. The molecule has 1 fully saturated rings. The minimum Gasteiger partial charge on any atom is -0.492 e. The Morgan fingerprint density at radius 1 is 0.941 bits per heavy atom. The number of fused-ring (bicyclic) bond motifs is 1. The SMILES string of the molecule is O=C(NCCOc1ccccc1)c1cccc(N2CCN(Cc3ccc4c(c3)OCO4)CC2)n1. The topological polar surface area (TPSA) is 76.2 Å². The Kier molecular flexibility index (Phi) is 6.76. The summed E-state index contributed by atoms with van der Waals surface area (Å²) in [6.45, 7) is 5.53. The molecule has 34 heavy (non-hydrogen) atoms. The van der Waals surface area contributed by atoms with Crippen molar-refractivity contribution in [1.82, 2.24) is 15.2 Å². The van der Waals surface area contributed by atoms with Crippen LogP contribution < -0.4 is 24.4 Å². The molecule has 0 unspecified atom stereocenters. The van der Waals surface area contributed by atoms with E-state index in [1.54, 1.807) is 6.07 Å². The van der Waals surface area contributed by atoms with E-state index in [9.17, 15) is 4.79 Å². The van der Waals surface area contributed by atoms with Gasteiger partial charge in [0, 0.05) is 32.7 Å². The van der Waals surface area contributed by atoms with Gasteiger partial charge in [0.25, 0.3) is 5.91 Å². The van der Waals surface area contributed by atoms with Crippen LogP contribution in [0.1, 0.15) is 16.1 Å². The zero-order chi connectivity index (χ0) is 23.2. The average molecular weight is 461 g/mol. The maximum Gasteiger partial charge on any atom is 0.270 e. The summed E-state index contributed by atoms with van der Waals surface area (Å²) in [5, 5.41) is 2.88. The van der Waals surface area contributed by atoms with Crippen molar-refractivity contribution in [2.75, 3.05) is 51.0 Å². The van der Waals surface area contributed by atoms with Crippen molar-refractivity contribution in [1.29, 1.82) is 0 Å². The third-order valence-electron chi connectivity index (χ3n) is 5.91. The molecule has 0 aliphatic carbocycles. The van der Waals surface area contributed by atoms with Gasteiger partial charge >= 0.3 is 0 Å². The second-order valence-electron chi connectivity index (χ2n) is 8.25. The van der Waals surface area contributed by atoms with Gasteiger partial charge in [-0.1, -0.05) is 30.3 Å². The van der Waals surface area contributed by atoms with Crippen LogP contribution in [0, 0.1) is 0 Å². The van der Waals surface area contributed by atoms with Crippen molar-refractivity contribution >= 4 is 11.7 Å². The first-order valence-corrected chi connectivity index (χ1v) is 11.5. The monoisotopic (exact) mass is 460 g/mol. The highest BCUT2D eigenvalue weighted by molar-refractivity contribution is 5.92. The van der Waals surface area contributed by atoms with Crippen molar-refractivity contribution in [3.8, 4) is 17.2 Å². The summed E-state index contributed by atoms with van der Waals surface area (Å²) in [5.74, 6) is 3.06. The Bertz CT molecular complexity index is 1120. The first-order chi connectivity index (χ1) is 16.7. The van der Waals surface area contributed by atoms with Crippen LogP contribution in [-0.2, 0) is 6.54 Å². The Morgan fingerprint density at radius 2 is 1.76 bits per heavy atom. The molecule has 0 spiro atoms. The lowest BCUT2D eigenvalue weighted by Crippen LogP contribution is -2.46. The predicted octanol–water partition coefficient (Wildman–Crippen LogP) is 2.94. The molecular weight excluding hydrogens is 432 g/mol. The van der Waals surface area contributed by atoms with E-state index in [0.29, 0.717) is 25.6 Å². The number of benzene rings is 2. The van der Waals surface area contributed by atoms with Crippen molar-refractivity contribution < 1.29 is 19.0 Å². The van der Waals surface area contributed by atoms with Crippen LogP contribution in [-0.4, -0.2) is 61.9 Å². The van der Waals surface area contributed by atoms with Crippen LogP contribution in [0.2, 0.25) is 0 Å². The van der Waals surface area contributed by atoms with Crippen LogP contribution in [0.4, 0.5) is 5.82 Å². The lowest BCUT2D eigenvalue weighted by molar-refractivity contribution is 0.0942. The molecule has 1 N–H and O–H groups in total. The minimum atomic E-state index is -0.194. The van der Waals surface area contributed by atoms with E-state index < -0.39 is 0 Å². The van der Waals surface area contributed by atoms with Gasteiger partial charge in [0.05, 0.1) is 6.54 Å². The smallest absolute Gasteiger partial charge is 0.270 e. The molecule has 2 aliphatic heterocycles. The van der Waals surface area contributed by atoms with Gasteiger partial charge in [-0.05, 0) is 42.0 Å². The molecule has 1 aromatic heterocycles. The standard InChI is InChI=1S/C26H28N4O4/c31-26(27-11-16-32-21-5-2-1-3-6-21)22-7-4-8-25(28-22)30-14-12-29(13-15-30)18-20-9-10-23-24(17-20)34-19-33-23/h1-10,17H,11-16,18-19H2,(H,27,31). The number of para-hydroxylation sites is 1. The van der Waals surface area contributed by atoms with Gasteiger partial charge in [0.2, 0.25) is 6.79 Å². The number of carbonyl (C=O) groups excluding carboxylic acids is 1. The van der Waals surface area contributed by atoms with Crippen LogP contribution in [0.3, 0.4) is 0 Å². The summed E-state index contributed by atoms with van der Waals surface area (Å²) in [7, 11) is 0. The van der Waals surface area contributed by atoms with Crippen molar-refractivity contribution in [3.63, 3.8) is 0 Å². The molecule has 5 rings (SSSR count). The van der Waals surface area contributed by atoms with Gasteiger partial charge in [0.15, 0.2) is 11.5 Å². The third-order valence-corrected chi connectivity index (χ3v) is 5.91. The van der Waals surface area contributed by atoms with Gasteiger partial charge in [-0.25, -0.2) is 4.98 Å². The highest BCUT2D eigenvalue weighted by Crippen LogP contribution is 2.33. The van der Waals surface area contributed by atoms with Crippen molar-refractivity contribution in [3.05, 3.63) is 78.0 Å². The molecule has 0 atom stereocenters. The van der Waals surface area contributed by atoms with Gasteiger partial charge in [0.1, 0.15) is 23.9 Å². The fraction of sp³-hybridized carbons (Fsp3) is 0.308. The Morgan fingerprint density at radius 3 is 2.62 bits per heavy atom. The summed E-state index contributed by atoms with van der Waals surface area (Å²) in [5.41, 5.74) is 1.63. The number of piperazine rings is 1. The van der Waals surface area contributed by atoms with E-state index in [-0.39, 0.29) is 5.91 Å². The molecule has 8 nitrogen and oxygen atoms in total. The van der Waals surface area contributed by atoms with E-state index in [1.807, 2.05) is 48.5 Å². The fourth-order valence-electron chi connectivity index (χ4n) is 4.10. The molecule has 3 aromatic rings. The summed E-state index contributed by atoms with van der Waals surface area (Å²) < 4.78 is 16.5. The molecule has 8 heteroatoms. The minimum absolute atomic E-state index is 0.194. The number of carbonyl (C=O) groups is 1. The molecule has 0 saturated carbocycles. The first-order valence-electron chi connectivity index (χ1n) is 11.5. The Hall–Kier alpha value is -3.78. The molecule has 3 heterocycles. The zero-order valence-corrected chi connectivity index (χ0v) is 19.0. The number of aromatic nitrogens is 1. The number of hydrogen-bond donors (Lipinski definition) is 1. The van der Waals surface area contributed by atoms with Crippen molar-refractivity contribution in [2.45, 2.75) is 6.54 Å². The second kappa shape index (κ2) is 10.4. The molecule has 2 aromatic carbocycles. The number of nitrogens with one attached hydrogen (secondary N) is 1. The fourth-order valence-corrected chi connectivity index (χ4v) is 4.10. The molecule has 0 bridgehead atoms. The maximum atomic E-state index is 12.6. The molecule has 176 valence electrons. The highest BCUT2D eigenvalue weighted by Gasteiger charge is 2.20. The van der Waals surface area contributed by atoms with Crippen LogP contribution >= 0.6 is 0 Å². The van der Waals surface area contributed by atoms with Crippen LogP contribution in [0.5, 0.6) is 17.2 Å². The van der Waals surface area contributed by atoms with Gasteiger partial charge < -0.3 is 24.4 Å². The van der Waals surface area contributed by atoms with E-state index in [4.69, 9.17) is 14.2 Å². The normalized spacial score (nSPS) is 15.2. The predicted molar refractivity (Wildman–Crippen MR) is 129 cm³/mol. The molecule has 1 amide bonds. The highest BCUT2D eigenvalue weighted by atomic mass is 16.7. The number of rotatable bonds is 8. The van der Waals surface area contributed by atoms with E-state index in [0.717, 1.165) is 55.8 Å². The molecule has 2 aliphatic rings. The van der Waals surface area contributed by atoms with Crippen molar-refractivity contribution in [2.24, 2.45) is 0 Å². The van der Waals surface area contributed by atoms with Gasteiger partial charge in [-0.2, -0.15) is 0 Å². The van der Waals surface area contributed by atoms with Crippen LogP contribution in [0.15, 0.2) is 66.7 Å². The Labute approximate surface area is 199 Å². The Balaban J connectivity index is 1.09. The summed E-state index contributed by atoms with van der Waals surface area (Å²) >= 11 is 0. The zero-order valence-electron chi connectivity index (χ0n) is 19.0. The molecule has 1 saturated heterocycles. The maximum absolute atomic E-state index is 12.6. The van der Waals surface area contributed by atoms with Gasteiger partial charge in [-0.15, -0.1) is 0 Å². The van der Waals surface area contributed by atoms with Gasteiger partial charge in [-0.3, -0.25) is 9.69 Å². The lowest BCUT2D eigenvalue weighted by atomic mass is 10.1. The lowest BCUT2D eigenvalue weighted by Gasteiger charge is -2.35. The number of amides is 1. The number of pyridine rings is 1. The summed E-state index contributed by atoms with van der Waals surface area (Å²) in [6.07, 6.45) is 0. The number of nitrogens with zero attached hydrogens (tertiary/aromatic N) is 3. The average Bonchev–Trinajstić information content (AvgIpc) is 3.36. The number of anilines is 1. The molecular formula is C26H28N4O4. The van der Waals surface area contributed by atoms with Crippen LogP contribution in [0.25, 0.3) is 0 Å². The second-order valence-corrected chi connectivity index (χ2v) is 8.25. The molecule has 0 radical (unpaired) electrons. The summed E-state index contributed by atoms with van der Waals surface area (Å²) in [6, 6.07) is 21.3. The largest absolute Gasteiger partial charge is 0.492 e. The van der Waals surface area contributed by atoms with E-state index >= 15 is 0 Å². The van der Waals surface area contributed by atoms with E-state index in [1.165, 1.54) is 5.56 Å². The number of ether oxygens (including phenoxy) is 3. The van der Waals surface area contributed by atoms with E-state index in [2.05, 4.69) is 32.2 Å². The third kappa shape index (κ3) is 5.40. The quantitative estimate of drug-likeness (QED) is 0.518.